The first-order valence-electron chi connectivity index (χ1n) is 7.36. The number of aliphatic hydroxyl groups excluding tert-OH is 1. The van der Waals surface area contributed by atoms with Gasteiger partial charge in [-0.1, -0.05) is 31.2 Å². The molecular weight excluding hydrogens is 278 g/mol. The van der Waals surface area contributed by atoms with E-state index in [0.29, 0.717) is 17.9 Å². The van der Waals surface area contributed by atoms with E-state index < -0.39 is 6.10 Å². The van der Waals surface area contributed by atoms with E-state index in [1.807, 2.05) is 38.1 Å². The number of rotatable bonds is 6. The molecule has 0 aliphatic heterocycles. The predicted octanol–water partition coefficient (Wildman–Crippen LogP) is 3.28. The van der Waals surface area contributed by atoms with Gasteiger partial charge in [-0.2, -0.15) is 0 Å². The Balaban J connectivity index is 2.05. The first-order valence-corrected chi connectivity index (χ1v) is 7.36. The Morgan fingerprint density at radius 1 is 1.23 bits per heavy atom. The average Bonchev–Trinajstić information content (AvgIpc) is 2.52. The third kappa shape index (κ3) is 4.33. The number of benzene rings is 2. The smallest absolute Gasteiger partial charge is 0.265 e. The maximum Gasteiger partial charge on any atom is 0.265 e. The Labute approximate surface area is 130 Å². The molecule has 0 saturated heterocycles. The number of ether oxygens (including phenoxy) is 1. The second-order valence-corrected chi connectivity index (χ2v) is 5.18. The molecule has 4 nitrogen and oxygen atoms in total. The summed E-state index contributed by atoms with van der Waals surface area (Å²) in [7, 11) is 0. The van der Waals surface area contributed by atoms with E-state index in [4.69, 9.17) is 9.84 Å². The van der Waals surface area contributed by atoms with Crippen molar-refractivity contribution in [3.8, 4) is 5.75 Å². The van der Waals surface area contributed by atoms with Gasteiger partial charge >= 0.3 is 0 Å². The molecule has 0 aliphatic carbocycles. The lowest BCUT2D eigenvalue weighted by Gasteiger charge is -2.17. The van der Waals surface area contributed by atoms with E-state index in [1.165, 1.54) is 0 Å². The van der Waals surface area contributed by atoms with E-state index in [9.17, 15) is 4.79 Å². The molecule has 0 heterocycles. The summed E-state index contributed by atoms with van der Waals surface area (Å²) in [5.74, 6) is 0.491. The minimum atomic E-state index is -0.556. The van der Waals surface area contributed by atoms with Crippen LogP contribution in [0.5, 0.6) is 5.75 Å². The summed E-state index contributed by atoms with van der Waals surface area (Å²) in [5.41, 5.74) is 2.50. The highest BCUT2D eigenvalue weighted by Gasteiger charge is 2.18. The molecule has 0 bridgehead atoms. The highest BCUT2D eigenvalue weighted by Crippen LogP contribution is 2.17. The van der Waals surface area contributed by atoms with Gasteiger partial charge in [0.2, 0.25) is 0 Å². The summed E-state index contributed by atoms with van der Waals surface area (Å²) in [6, 6.07) is 14.8. The second-order valence-electron chi connectivity index (χ2n) is 5.18. The Morgan fingerprint density at radius 2 is 2.00 bits per heavy atom. The van der Waals surface area contributed by atoms with Gasteiger partial charge in [0.15, 0.2) is 6.10 Å². The van der Waals surface area contributed by atoms with Crippen LogP contribution < -0.4 is 10.1 Å². The molecule has 2 aromatic carbocycles. The van der Waals surface area contributed by atoms with Crippen LogP contribution in [0.4, 0.5) is 5.69 Å². The number of carbonyl (C=O) groups is 1. The largest absolute Gasteiger partial charge is 0.481 e. The van der Waals surface area contributed by atoms with Gasteiger partial charge in [0.05, 0.1) is 6.61 Å². The molecule has 2 N–H and O–H groups in total. The number of carbonyl (C=O) groups excluding carboxylic acids is 1. The van der Waals surface area contributed by atoms with Crippen LogP contribution in [0.25, 0.3) is 0 Å². The number of nitrogens with one attached hydrogen (secondary N) is 1. The minimum Gasteiger partial charge on any atom is -0.481 e. The highest BCUT2D eigenvalue weighted by molar-refractivity contribution is 5.94. The molecule has 2 rings (SSSR count). The quantitative estimate of drug-likeness (QED) is 0.860. The monoisotopic (exact) mass is 299 g/mol. The van der Waals surface area contributed by atoms with Crippen molar-refractivity contribution in [3.05, 3.63) is 59.7 Å². The molecule has 1 atom stereocenters. The third-order valence-corrected chi connectivity index (χ3v) is 3.31. The summed E-state index contributed by atoms with van der Waals surface area (Å²) in [6.45, 7) is 3.83. The van der Waals surface area contributed by atoms with Crippen molar-refractivity contribution in [1.82, 2.24) is 0 Å². The van der Waals surface area contributed by atoms with E-state index in [-0.39, 0.29) is 12.5 Å². The molecule has 116 valence electrons. The number of hydrogen-bond donors (Lipinski definition) is 2. The summed E-state index contributed by atoms with van der Waals surface area (Å²) in [5, 5.41) is 12.0. The van der Waals surface area contributed by atoms with Crippen LogP contribution >= 0.6 is 0 Å². The number of anilines is 1. The first kappa shape index (κ1) is 16.0. The Kier molecular flexibility index (Phi) is 5.55. The van der Waals surface area contributed by atoms with Crippen molar-refractivity contribution < 1.29 is 14.6 Å². The molecule has 0 saturated carbocycles. The van der Waals surface area contributed by atoms with Gasteiger partial charge in [-0.3, -0.25) is 4.79 Å². The van der Waals surface area contributed by atoms with E-state index in [1.54, 1.807) is 24.3 Å². The lowest BCUT2D eigenvalue weighted by molar-refractivity contribution is -0.122. The van der Waals surface area contributed by atoms with Gasteiger partial charge in [-0.15, -0.1) is 0 Å². The molecule has 4 heteroatoms. The van der Waals surface area contributed by atoms with Gasteiger partial charge in [0.1, 0.15) is 5.75 Å². The first-order chi connectivity index (χ1) is 10.6. The normalized spacial score (nSPS) is 11.8. The van der Waals surface area contributed by atoms with Gasteiger partial charge in [-0.05, 0) is 48.7 Å². The van der Waals surface area contributed by atoms with Gasteiger partial charge in [0, 0.05) is 5.69 Å². The fourth-order valence-electron chi connectivity index (χ4n) is 2.15. The Morgan fingerprint density at radius 3 is 2.68 bits per heavy atom. The van der Waals surface area contributed by atoms with Gasteiger partial charge in [-0.25, -0.2) is 0 Å². The zero-order chi connectivity index (χ0) is 15.9. The highest BCUT2D eigenvalue weighted by atomic mass is 16.5. The molecule has 0 radical (unpaired) electrons. The molecule has 0 fully saturated rings. The van der Waals surface area contributed by atoms with Crippen molar-refractivity contribution in [2.45, 2.75) is 33.0 Å². The Hall–Kier alpha value is -2.33. The molecule has 22 heavy (non-hydrogen) atoms. The van der Waals surface area contributed by atoms with E-state index in [0.717, 1.165) is 11.1 Å². The van der Waals surface area contributed by atoms with Crippen LogP contribution in [-0.2, 0) is 11.4 Å². The number of aliphatic hydroxyl groups is 1. The fourth-order valence-corrected chi connectivity index (χ4v) is 2.15. The molecule has 0 aliphatic rings. The van der Waals surface area contributed by atoms with Crippen LogP contribution in [0, 0.1) is 6.92 Å². The second kappa shape index (κ2) is 7.61. The topological polar surface area (TPSA) is 58.6 Å². The predicted molar refractivity (Wildman–Crippen MR) is 86.9 cm³/mol. The van der Waals surface area contributed by atoms with E-state index >= 15 is 0 Å². The molecule has 0 aromatic heterocycles. The summed E-state index contributed by atoms with van der Waals surface area (Å²) in [4.78, 5) is 12.3. The molecule has 0 spiro atoms. The van der Waals surface area contributed by atoms with Crippen LogP contribution in [0.15, 0.2) is 48.5 Å². The molecule has 1 amide bonds. The van der Waals surface area contributed by atoms with Crippen molar-refractivity contribution in [2.24, 2.45) is 0 Å². The van der Waals surface area contributed by atoms with Gasteiger partial charge in [0.25, 0.3) is 5.91 Å². The average molecular weight is 299 g/mol. The SMILES string of the molecule is CCC(Oc1cccc(C)c1)C(=O)Nc1cccc(CO)c1. The van der Waals surface area contributed by atoms with E-state index in [2.05, 4.69) is 5.32 Å². The van der Waals surface area contributed by atoms with Crippen molar-refractivity contribution in [1.29, 1.82) is 0 Å². The van der Waals surface area contributed by atoms with Crippen molar-refractivity contribution >= 4 is 11.6 Å². The summed E-state index contributed by atoms with van der Waals surface area (Å²) >= 11 is 0. The zero-order valence-corrected chi connectivity index (χ0v) is 12.9. The van der Waals surface area contributed by atoms with Crippen LogP contribution in [0.1, 0.15) is 24.5 Å². The third-order valence-electron chi connectivity index (χ3n) is 3.31. The number of aryl methyl sites for hydroxylation is 1. The molecular formula is C18H21NO3. The Bertz CT molecular complexity index is 640. The lowest BCUT2D eigenvalue weighted by atomic mass is 10.2. The van der Waals surface area contributed by atoms with Crippen LogP contribution in [0.3, 0.4) is 0 Å². The molecule has 2 aromatic rings. The van der Waals surface area contributed by atoms with Gasteiger partial charge < -0.3 is 15.2 Å². The summed E-state index contributed by atoms with van der Waals surface area (Å²) < 4.78 is 5.77. The fraction of sp³-hybridized carbons (Fsp3) is 0.278. The molecule has 1 unspecified atom stereocenters. The number of hydrogen-bond acceptors (Lipinski definition) is 3. The summed E-state index contributed by atoms with van der Waals surface area (Å²) in [6.07, 6.45) is 0.0130. The lowest BCUT2D eigenvalue weighted by Crippen LogP contribution is -2.32. The van der Waals surface area contributed by atoms with Crippen LogP contribution in [0.2, 0.25) is 0 Å². The maximum absolute atomic E-state index is 12.3. The number of amides is 1. The van der Waals surface area contributed by atoms with Crippen molar-refractivity contribution in [3.63, 3.8) is 0 Å². The minimum absolute atomic E-state index is 0.0549. The maximum atomic E-state index is 12.3. The van der Waals surface area contributed by atoms with Crippen molar-refractivity contribution in [2.75, 3.05) is 5.32 Å². The van der Waals surface area contributed by atoms with Crippen LogP contribution in [-0.4, -0.2) is 17.1 Å². The standard InChI is InChI=1S/C18H21NO3/c1-3-17(22-16-9-4-6-13(2)10-16)18(21)19-15-8-5-7-14(11-15)12-20/h4-11,17,20H,3,12H2,1-2H3,(H,19,21). The zero-order valence-electron chi connectivity index (χ0n) is 12.9.